The Morgan fingerprint density at radius 2 is 1.91 bits per heavy atom. The van der Waals surface area contributed by atoms with E-state index in [1.54, 1.807) is 61.7 Å². The van der Waals surface area contributed by atoms with Gasteiger partial charge in [0.1, 0.15) is 28.9 Å². The smallest absolute Gasteiger partial charge is 0.271 e. The van der Waals surface area contributed by atoms with Gasteiger partial charge in [-0.3, -0.25) is 14.9 Å². The normalized spacial score (nSPS) is 15.1. The molecular formula is C24H16N4O5S. The van der Waals surface area contributed by atoms with Gasteiger partial charge in [0.05, 0.1) is 22.6 Å². The van der Waals surface area contributed by atoms with E-state index in [9.17, 15) is 20.2 Å². The van der Waals surface area contributed by atoms with E-state index in [4.69, 9.17) is 9.47 Å². The number of thioether (sulfide) groups is 1. The molecule has 0 saturated carbocycles. The summed E-state index contributed by atoms with van der Waals surface area (Å²) in [5, 5.41) is 23.4. The summed E-state index contributed by atoms with van der Waals surface area (Å²) in [5.74, 6) is 1.05. The zero-order chi connectivity index (χ0) is 24.1. The molecule has 0 radical (unpaired) electrons. The fraction of sp³-hybridized carbons (Fsp3) is 0.0417. The number of methoxy groups -OCH3 is 1. The van der Waals surface area contributed by atoms with Gasteiger partial charge in [-0.2, -0.15) is 5.26 Å². The summed E-state index contributed by atoms with van der Waals surface area (Å²) in [6.45, 7) is 0. The summed E-state index contributed by atoms with van der Waals surface area (Å²) < 4.78 is 10.9. The highest BCUT2D eigenvalue weighted by molar-refractivity contribution is 8.18. The van der Waals surface area contributed by atoms with Crippen LogP contribution in [0.4, 0.5) is 11.4 Å². The molecule has 3 aromatic carbocycles. The van der Waals surface area contributed by atoms with Crippen LogP contribution in [0.25, 0.3) is 6.08 Å². The molecule has 4 rings (SSSR count). The minimum atomic E-state index is -0.575. The summed E-state index contributed by atoms with van der Waals surface area (Å²) in [7, 11) is 1.58. The van der Waals surface area contributed by atoms with E-state index in [-0.39, 0.29) is 22.9 Å². The highest BCUT2D eigenvalue weighted by Crippen LogP contribution is 2.31. The third-order valence-electron chi connectivity index (χ3n) is 4.63. The van der Waals surface area contributed by atoms with E-state index in [1.807, 2.05) is 6.07 Å². The third kappa shape index (κ3) is 5.23. The summed E-state index contributed by atoms with van der Waals surface area (Å²) in [4.78, 5) is 27.6. The zero-order valence-electron chi connectivity index (χ0n) is 17.7. The molecule has 168 valence electrons. The number of rotatable bonds is 6. The second-order valence-electron chi connectivity index (χ2n) is 6.90. The van der Waals surface area contributed by atoms with Crippen LogP contribution in [-0.4, -0.2) is 23.1 Å². The Morgan fingerprint density at radius 3 is 2.62 bits per heavy atom. The number of carbonyl (C=O) groups excluding carboxylic acids is 1. The molecule has 0 aromatic heterocycles. The maximum absolute atomic E-state index is 12.4. The van der Waals surface area contributed by atoms with Crippen LogP contribution in [0, 0.1) is 21.4 Å². The lowest BCUT2D eigenvalue weighted by Gasteiger charge is -2.08. The van der Waals surface area contributed by atoms with Crippen molar-refractivity contribution in [1.82, 2.24) is 5.32 Å². The van der Waals surface area contributed by atoms with Gasteiger partial charge >= 0.3 is 0 Å². The Kier molecular flexibility index (Phi) is 6.57. The van der Waals surface area contributed by atoms with Crippen molar-refractivity contribution >= 4 is 40.3 Å². The molecule has 1 saturated heterocycles. The third-order valence-corrected chi connectivity index (χ3v) is 5.54. The van der Waals surface area contributed by atoms with Crippen LogP contribution in [0.15, 0.2) is 76.6 Å². The van der Waals surface area contributed by atoms with Crippen molar-refractivity contribution in [3.05, 3.63) is 92.9 Å². The number of benzene rings is 3. The number of amides is 1. The number of nitrogens with one attached hydrogen (secondary N) is 1. The number of aliphatic imine (C=N–C) groups is 1. The predicted molar refractivity (Wildman–Crippen MR) is 128 cm³/mol. The van der Waals surface area contributed by atoms with E-state index >= 15 is 0 Å². The summed E-state index contributed by atoms with van der Waals surface area (Å²) >= 11 is 1.21. The molecule has 1 aliphatic heterocycles. The van der Waals surface area contributed by atoms with E-state index in [0.717, 1.165) is 6.07 Å². The van der Waals surface area contributed by atoms with Crippen LogP contribution in [0.5, 0.6) is 17.2 Å². The van der Waals surface area contributed by atoms with E-state index in [1.165, 1.54) is 23.9 Å². The molecule has 1 fully saturated rings. The summed E-state index contributed by atoms with van der Waals surface area (Å²) in [6.07, 6.45) is 1.70. The van der Waals surface area contributed by atoms with E-state index in [0.29, 0.717) is 32.8 Å². The number of nitro groups is 1. The number of ether oxygens (including phenoxy) is 2. The van der Waals surface area contributed by atoms with Crippen LogP contribution in [-0.2, 0) is 4.79 Å². The van der Waals surface area contributed by atoms with Crippen LogP contribution < -0.4 is 14.8 Å². The number of hydrogen-bond donors (Lipinski definition) is 1. The SMILES string of the molecule is COc1ccc(N=C2NC(=O)/C(=C/c3cccc(Oc4ccc([N+](=O)[O-])cc4C#N)c3)S2)cc1. The highest BCUT2D eigenvalue weighted by atomic mass is 32.2. The van der Waals surface area contributed by atoms with Crippen LogP contribution in [0.1, 0.15) is 11.1 Å². The van der Waals surface area contributed by atoms with Gasteiger partial charge < -0.3 is 14.8 Å². The molecule has 0 bridgehead atoms. The average Bonchev–Trinajstić information content (AvgIpc) is 3.18. The number of amidine groups is 1. The van der Waals surface area contributed by atoms with Crippen molar-refractivity contribution in [2.45, 2.75) is 0 Å². The molecular weight excluding hydrogens is 456 g/mol. The summed E-state index contributed by atoms with van der Waals surface area (Å²) in [5.41, 5.74) is 1.22. The fourth-order valence-corrected chi connectivity index (χ4v) is 3.85. The van der Waals surface area contributed by atoms with Gasteiger partial charge in [0, 0.05) is 12.1 Å². The number of carbonyl (C=O) groups is 1. The standard InChI is InChI=1S/C24H16N4O5S/c1-32-19-8-5-17(6-9-19)26-24-27-23(29)22(34-24)12-15-3-2-4-20(11-15)33-21-10-7-18(28(30)31)13-16(21)14-25/h2-13H,1H3,(H,26,27,29)/b22-12-. The topological polar surface area (TPSA) is 127 Å². The van der Waals surface area contributed by atoms with Crippen molar-refractivity contribution in [2.75, 3.05) is 7.11 Å². The molecule has 9 nitrogen and oxygen atoms in total. The second-order valence-corrected chi connectivity index (χ2v) is 7.93. The van der Waals surface area contributed by atoms with Crippen molar-refractivity contribution < 1.29 is 19.2 Å². The monoisotopic (exact) mass is 472 g/mol. The average molecular weight is 472 g/mol. The Bertz CT molecular complexity index is 1380. The molecule has 0 spiro atoms. The van der Waals surface area contributed by atoms with Gasteiger partial charge in [-0.15, -0.1) is 0 Å². The van der Waals surface area contributed by atoms with E-state index in [2.05, 4.69) is 10.3 Å². The first kappa shape index (κ1) is 22.6. The first-order valence-electron chi connectivity index (χ1n) is 9.85. The van der Waals surface area contributed by atoms with Crippen molar-refractivity contribution in [1.29, 1.82) is 5.26 Å². The van der Waals surface area contributed by atoms with Crippen molar-refractivity contribution in [3.8, 4) is 23.3 Å². The first-order chi connectivity index (χ1) is 16.4. The minimum Gasteiger partial charge on any atom is -0.497 e. The molecule has 1 heterocycles. The number of hydrogen-bond acceptors (Lipinski definition) is 8. The lowest BCUT2D eigenvalue weighted by atomic mass is 10.2. The van der Waals surface area contributed by atoms with Crippen molar-refractivity contribution in [2.24, 2.45) is 4.99 Å². The molecule has 0 aliphatic carbocycles. The predicted octanol–water partition coefficient (Wildman–Crippen LogP) is 5.16. The first-order valence-corrected chi connectivity index (χ1v) is 10.7. The Morgan fingerprint density at radius 1 is 1.12 bits per heavy atom. The summed E-state index contributed by atoms with van der Waals surface area (Å²) in [6, 6.07) is 19.8. The molecule has 10 heteroatoms. The molecule has 0 unspecified atom stereocenters. The molecule has 34 heavy (non-hydrogen) atoms. The van der Waals surface area contributed by atoms with Gasteiger partial charge in [-0.05, 0) is 65.9 Å². The molecule has 1 N–H and O–H groups in total. The second kappa shape index (κ2) is 9.89. The molecule has 3 aromatic rings. The van der Waals surface area contributed by atoms with Crippen LogP contribution in [0.2, 0.25) is 0 Å². The van der Waals surface area contributed by atoms with Gasteiger partial charge in [0.25, 0.3) is 11.6 Å². The zero-order valence-corrected chi connectivity index (χ0v) is 18.5. The van der Waals surface area contributed by atoms with Crippen molar-refractivity contribution in [3.63, 3.8) is 0 Å². The number of nitriles is 1. The minimum absolute atomic E-state index is 0.0445. The Hall–Kier alpha value is -4.62. The molecule has 1 aliphatic rings. The number of non-ortho nitro benzene ring substituents is 1. The highest BCUT2D eigenvalue weighted by Gasteiger charge is 2.24. The maximum atomic E-state index is 12.4. The molecule has 0 atom stereocenters. The number of nitro benzene ring substituents is 1. The quantitative estimate of drug-likeness (QED) is 0.298. The lowest BCUT2D eigenvalue weighted by molar-refractivity contribution is -0.384. The molecule has 1 amide bonds. The Labute approximate surface area is 198 Å². The van der Waals surface area contributed by atoms with Gasteiger partial charge in [-0.25, -0.2) is 4.99 Å². The lowest BCUT2D eigenvalue weighted by Crippen LogP contribution is -2.19. The van der Waals surface area contributed by atoms with E-state index < -0.39 is 4.92 Å². The maximum Gasteiger partial charge on any atom is 0.271 e. The number of nitrogens with zero attached hydrogens (tertiary/aromatic N) is 3. The fourth-order valence-electron chi connectivity index (χ4n) is 3.01. The van der Waals surface area contributed by atoms with Gasteiger partial charge in [0.2, 0.25) is 0 Å². The van der Waals surface area contributed by atoms with Crippen LogP contribution in [0.3, 0.4) is 0 Å². The van der Waals surface area contributed by atoms with Gasteiger partial charge in [0.15, 0.2) is 5.17 Å². The Balaban J connectivity index is 1.52. The van der Waals surface area contributed by atoms with Gasteiger partial charge in [-0.1, -0.05) is 12.1 Å². The van der Waals surface area contributed by atoms with Crippen LogP contribution >= 0.6 is 11.8 Å². The largest absolute Gasteiger partial charge is 0.497 e.